The molecule has 0 bridgehead atoms. The van der Waals surface area contributed by atoms with Crippen molar-refractivity contribution in [2.75, 3.05) is 0 Å². The van der Waals surface area contributed by atoms with Crippen LogP contribution in [0.25, 0.3) is 16.8 Å². The van der Waals surface area contributed by atoms with Gasteiger partial charge < -0.3 is 5.11 Å². The van der Waals surface area contributed by atoms with Crippen molar-refractivity contribution in [3.63, 3.8) is 0 Å². The second-order valence-electron chi connectivity index (χ2n) is 2.98. The van der Waals surface area contributed by atoms with Crippen LogP contribution in [0.15, 0.2) is 29.4 Å². The molecule has 0 radical (unpaired) electrons. The van der Waals surface area contributed by atoms with Crippen molar-refractivity contribution >= 4 is 17.0 Å². The summed E-state index contributed by atoms with van der Waals surface area (Å²) in [6.45, 7) is 0. The maximum Gasteiger partial charge on any atom is 0.318 e. The van der Waals surface area contributed by atoms with E-state index in [2.05, 4.69) is 15.1 Å². The van der Waals surface area contributed by atoms with E-state index in [1.54, 1.807) is 17.5 Å². The Balaban J connectivity index is 2.34. The van der Waals surface area contributed by atoms with Crippen molar-refractivity contribution in [3.8, 4) is 17.1 Å². The van der Waals surface area contributed by atoms with Crippen LogP contribution in [0.3, 0.4) is 0 Å². The zero-order valence-electron chi connectivity index (χ0n) is 7.53. The molecule has 0 saturated carbocycles. The molecular weight excluding hydrogens is 212 g/mol. The molecule has 0 aliphatic rings. The Bertz CT molecular complexity index is 602. The first-order valence-electron chi connectivity index (χ1n) is 4.26. The molecule has 0 aliphatic heterocycles. The first-order valence-corrected chi connectivity index (χ1v) is 5.21. The van der Waals surface area contributed by atoms with E-state index in [1.165, 1.54) is 10.8 Å². The summed E-state index contributed by atoms with van der Waals surface area (Å²) in [6, 6.07) is 1.84. The van der Waals surface area contributed by atoms with Crippen LogP contribution in [0.2, 0.25) is 0 Å². The number of thiophene rings is 1. The molecule has 5 nitrogen and oxygen atoms in total. The summed E-state index contributed by atoms with van der Waals surface area (Å²) >= 11 is 1.61. The lowest BCUT2D eigenvalue weighted by atomic mass is 10.2. The Kier molecular flexibility index (Phi) is 1.69. The normalized spacial score (nSPS) is 10.9. The number of aromatic hydroxyl groups is 1. The van der Waals surface area contributed by atoms with Crippen LogP contribution in [0.5, 0.6) is 6.01 Å². The van der Waals surface area contributed by atoms with E-state index in [4.69, 9.17) is 0 Å². The molecule has 3 aromatic heterocycles. The maximum atomic E-state index is 9.43. The second-order valence-corrected chi connectivity index (χ2v) is 3.76. The maximum absolute atomic E-state index is 9.43. The topological polar surface area (TPSA) is 63.3 Å². The zero-order chi connectivity index (χ0) is 10.3. The smallest absolute Gasteiger partial charge is 0.318 e. The van der Waals surface area contributed by atoms with E-state index < -0.39 is 0 Å². The molecule has 0 aliphatic carbocycles. The van der Waals surface area contributed by atoms with Crippen molar-refractivity contribution in [2.45, 2.75) is 0 Å². The van der Waals surface area contributed by atoms with Gasteiger partial charge in [-0.2, -0.15) is 25.9 Å². The van der Waals surface area contributed by atoms with Crippen LogP contribution in [0, 0.1) is 0 Å². The largest absolute Gasteiger partial charge is 0.479 e. The molecule has 0 saturated heterocycles. The van der Waals surface area contributed by atoms with Crippen LogP contribution >= 0.6 is 11.3 Å². The molecular formula is C9H6N4OS. The number of aromatic nitrogens is 4. The van der Waals surface area contributed by atoms with E-state index in [9.17, 15) is 5.11 Å². The third-order valence-corrected chi connectivity index (χ3v) is 2.80. The summed E-state index contributed by atoms with van der Waals surface area (Å²) in [4.78, 5) is 7.74. The lowest BCUT2D eigenvalue weighted by molar-refractivity contribution is 0.411. The fraction of sp³-hybridized carbons (Fsp3) is 0. The lowest BCUT2D eigenvalue weighted by Gasteiger charge is -1.95. The summed E-state index contributed by atoms with van der Waals surface area (Å²) in [5.41, 5.74) is 2.56. The van der Waals surface area contributed by atoms with Crippen molar-refractivity contribution in [1.82, 2.24) is 19.6 Å². The van der Waals surface area contributed by atoms with Gasteiger partial charge in [-0.25, -0.2) is 4.98 Å². The van der Waals surface area contributed by atoms with Gasteiger partial charge in [0, 0.05) is 5.56 Å². The van der Waals surface area contributed by atoms with Crippen molar-refractivity contribution in [1.29, 1.82) is 0 Å². The van der Waals surface area contributed by atoms with Gasteiger partial charge in [-0.1, -0.05) is 0 Å². The predicted octanol–water partition coefficient (Wildman–Crippen LogP) is 1.56. The minimum absolute atomic E-state index is 0.151. The first-order chi connectivity index (χ1) is 7.36. The number of hydrogen-bond donors (Lipinski definition) is 1. The Labute approximate surface area is 88.7 Å². The molecule has 15 heavy (non-hydrogen) atoms. The number of fused-ring (bicyclic) bond motifs is 1. The molecule has 3 aromatic rings. The van der Waals surface area contributed by atoms with Crippen molar-refractivity contribution < 1.29 is 5.11 Å². The zero-order valence-corrected chi connectivity index (χ0v) is 8.35. The summed E-state index contributed by atoms with van der Waals surface area (Å²) in [5, 5.41) is 17.5. The van der Waals surface area contributed by atoms with E-state index in [1.807, 2.05) is 16.8 Å². The Morgan fingerprint density at radius 1 is 1.33 bits per heavy atom. The van der Waals surface area contributed by atoms with Gasteiger partial charge in [0.2, 0.25) is 0 Å². The van der Waals surface area contributed by atoms with Crippen molar-refractivity contribution in [3.05, 3.63) is 29.4 Å². The monoisotopic (exact) mass is 218 g/mol. The fourth-order valence-corrected chi connectivity index (χ4v) is 2.08. The third-order valence-electron chi connectivity index (χ3n) is 2.12. The van der Waals surface area contributed by atoms with E-state index >= 15 is 0 Å². The molecule has 3 heterocycles. The molecule has 74 valence electrons. The highest BCUT2D eigenvalue weighted by Crippen LogP contribution is 2.25. The van der Waals surface area contributed by atoms with Gasteiger partial charge in [0.25, 0.3) is 0 Å². The van der Waals surface area contributed by atoms with Gasteiger partial charge in [-0.15, -0.1) is 0 Å². The Hall–Kier alpha value is -1.95. The number of rotatable bonds is 1. The standard InChI is InChI=1S/C9H6N4OS/c14-9-11-5-10-8-7(3-12-13(8)9)6-1-2-15-4-6/h1-5H,(H,10,11,14). The molecule has 0 aromatic carbocycles. The van der Waals surface area contributed by atoms with Crippen LogP contribution < -0.4 is 0 Å². The van der Waals surface area contributed by atoms with Crippen LogP contribution in [-0.2, 0) is 0 Å². The Morgan fingerprint density at radius 3 is 3.07 bits per heavy atom. The van der Waals surface area contributed by atoms with Gasteiger partial charge in [0.15, 0.2) is 5.65 Å². The van der Waals surface area contributed by atoms with Gasteiger partial charge in [0.1, 0.15) is 6.33 Å². The fourth-order valence-electron chi connectivity index (χ4n) is 1.42. The number of nitrogens with zero attached hydrogens (tertiary/aromatic N) is 4. The summed E-state index contributed by atoms with van der Waals surface area (Å²) in [5.74, 6) is 0. The predicted molar refractivity (Wildman–Crippen MR) is 55.8 cm³/mol. The minimum atomic E-state index is -0.151. The molecule has 0 amide bonds. The summed E-state index contributed by atoms with van der Waals surface area (Å²) < 4.78 is 1.31. The van der Waals surface area contributed by atoms with E-state index in [0.717, 1.165) is 11.1 Å². The quantitative estimate of drug-likeness (QED) is 0.673. The lowest BCUT2D eigenvalue weighted by Crippen LogP contribution is -1.93. The molecule has 3 rings (SSSR count). The Morgan fingerprint density at radius 2 is 2.27 bits per heavy atom. The van der Waals surface area contributed by atoms with Crippen LogP contribution in [0.4, 0.5) is 0 Å². The second kappa shape index (κ2) is 3.03. The SMILES string of the molecule is Oc1ncnc2c(-c3ccsc3)cnn12. The third kappa shape index (κ3) is 1.18. The molecule has 1 N–H and O–H groups in total. The molecule has 6 heteroatoms. The summed E-state index contributed by atoms with van der Waals surface area (Å²) in [7, 11) is 0. The average molecular weight is 218 g/mol. The molecule has 0 atom stereocenters. The molecule has 0 fully saturated rings. The van der Waals surface area contributed by atoms with Gasteiger partial charge in [0.05, 0.1) is 6.20 Å². The first kappa shape index (κ1) is 8.37. The average Bonchev–Trinajstić information content (AvgIpc) is 2.85. The highest BCUT2D eigenvalue weighted by molar-refractivity contribution is 7.08. The van der Waals surface area contributed by atoms with Crippen LogP contribution in [0.1, 0.15) is 0 Å². The molecule has 0 spiro atoms. The van der Waals surface area contributed by atoms with E-state index in [-0.39, 0.29) is 6.01 Å². The minimum Gasteiger partial charge on any atom is -0.479 e. The highest BCUT2D eigenvalue weighted by atomic mass is 32.1. The van der Waals surface area contributed by atoms with Crippen LogP contribution in [-0.4, -0.2) is 24.7 Å². The van der Waals surface area contributed by atoms with Gasteiger partial charge in [-0.05, 0) is 22.4 Å². The molecule has 0 unspecified atom stereocenters. The van der Waals surface area contributed by atoms with Crippen molar-refractivity contribution in [2.24, 2.45) is 0 Å². The van der Waals surface area contributed by atoms with Gasteiger partial charge in [-0.3, -0.25) is 0 Å². The van der Waals surface area contributed by atoms with E-state index in [0.29, 0.717) is 5.65 Å². The van der Waals surface area contributed by atoms with Gasteiger partial charge >= 0.3 is 6.01 Å². The highest BCUT2D eigenvalue weighted by Gasteiger charge is 2.10. The number of hydrogen-bond acceptors (Lipinski definition) is 5. The summed E-state index contributed by atoms with van der Waals surface area (Å²) in [6.07, 6.45) is 2.99.